The molecule has 140 valence electrons. The van der Waals surface area contributed by atoms with Gasteiger partial charge in [0.05, 0.1) is 4.90 Å². The van der Waals surface area contributed by atoms with Gasteiger partial charge in [-0.1, -0.05) is 38.3 Å². The number of amides is 1. The minimum Gasteiger partial charge on any atom is -0.352 e. The average molecular weight is 368 g/mol. The number of nitrogens with one attached hydrogen (secondary N) is 2. The Morgan fingerprint density at radius 1 is 1.16 bits per heavy atom. The fourth-order valence-corrected chi connectivity index (χ4v) is 4.46. The molecular formula is C18H29N3O3S. The van der Waals surface area contributed by atoms with Gasteiger partial charge in [-0.15, -0.1) is 0 Å². The number of carbonyl (C=O) groups is 1. The van der Waals surface area contributed by atoms with Crippen LogP contribution in [0, 0.1) is 5.41 Å². The maximum Gasteiger partial charge on any atom is 0.240 e. The molecule has 1 aliphatic rings. The quantitative estimate of drug-likeness (QED) is 0.653. The largest absolute Gasteiger partial charge is 0.352 e. The summed E-state index contributed by atoms with van der Waals surface area (Å²) in [7, 11) is -3.44. The Morgan fingerprint density at radius 2 is 1.80 bits per heavy atom. The van der Waals surface area contributed by atoms with Gasteiger partial charge >= 0.3 is 0 Å². The van der Waals surface area contributed by atoms with E-state index in [1.807, 2.05) is 0 Å². The molecule has 6 nitrogen and oxygen atoms in total. The van der Waals surface area contributed by atoms with Gasteiger partial charge < -0.3 is 11.1 Å². The highest BCUT2D eigenvalue weighted by atomic mass is 32.2. The Morgan fingerprint density at radius 3 is 2.36 bits per heavy atom. The van der Waals surface area contributed by atoms with E-state index < -0.39 is 10.0 Å². The molecular weight excluding hydrogens is 338 g/mol. The summed E-state index contributed by atoms with van der Waals surface area (Å²) >= 11 is 0. The summed E-state index contributed by atoms with van der Waals surface area (Å²) < 4.78 is 26.3. The van der Waals surface area contributed by atoms with Gasteiger partial charge in [0.2, 0.25) is 15.9 Å². The molecule has 2 rings (SSSR count). The second-order valence-electron chi connectivity index (χ2n) is 6.86. The molecule has 1 aliphatic carbocycles. The fraction of sp³-hybridized carbons (Fsp3) is 0.611. The summed E-state index contributed by atoms with van der Waals surface area (Å²) in [5, 5.41) is 2.93. The number of hydrogen-bond acceptors (Lipinski definition) is 4. The van der Waals surface area contributed by atoms with Crippen molar-refractivity contribution >= 4 is 15.9 Å². The molecule has 0 atom stereocenters. The first-order valence-electron chi connectivity index (χ1n) is 8.96. The third-order valence-corrected chi connectivity index (χ3v) is 6.50. The van der Waals surface area contributed by atoms with E-state index in [1.54, 1.807) is 31.2 Å². The number of benzene rings is 1. The second kappa shape index (κ2) is 8.78. The molecule has 1 aromatic rings. The van der Waals surface area contributed by atoms with Gasteiger partial charge in [0.15, 0.2) is 0 Å². The van der Waals surface area contributed by atoms with Crippen LogP contribution in [0.2, 0.25) is 0 Å². The van der Waals surface area contributed by atoms with Crippen LogP contribution in [0.25, 0.3) is 0 Å². The number of rotatable bonds is 8. The zero-order valence-corrected chi connectivity index (χ0v) is 15.7. The summed E-state index contributed by atoms with van der Waals surface area (Å²) in [6.45, 7) is 3.03. The highest BCUT2D eigenvalue weighted by molar-refractivity contribution is 7.89. The molecule has 0 heterocycles. The van der Waals surface area contributed by atoms with Gasteiger partial charge in [0, 0.05) is 19.5 Å². The fourth-order valence-electron chi connectivity index (χ4n) is 3.42. The van der Waals surface area contributed by atoms with E-state index >= 15 is 0 Å². The van der Waals surface area contributed by atoms with E-state index in [4.69, 9.17) is 5.73 Å². The highest BCUT2D eigenvalue weighted by Gasteiger charge is 2.32. The monoisotopic (exact) mass is 367 g/mol. The highest BCUT2D eigenvalue weighted by Crippen LogP contribution is 2.38. The summed E-state index contributed by atoms with van der Waals surface area (Å²) in [6.07, 6.45) is 6.03. The normalized spacial score (nSPS) is 17.2. The number of sulfonamides is 1. The van der Waals surface area contributed by atoms with E-state index in [2.05, 4.69) is 10.0 Å². The lowest BCUT2D eigenvalue weighted by Gasteiger charge is -2.35. The zero-order chi connectivity index (χ0) is 18.3. The Labute approximate surface area is 150 Å². The van der Waals surface area contributed by atoms with Crippen LogP contribution in [0.3, 0.4) is 0 Å². The van der Waals surface area contributed by atoms with Gasteiger partial charge in [-0.2, -0.15) is 0 Å². The van der Waals surface area contributed by atoms with Crippen LogP contribution in [0.1, 0.15) is 51.0 Å². The van der Waals surface area contributed by atoms with Crippen molar-refractivity contribution in [2.75, 3.05) is 13.1 Å². The summed E-state index contributed by atoms with van der Waals surface area (Å²) in [4.78, 5) is 12.5. The lowest BCUT2D eigenvalue weighted by atomic mass is 9.71. The summed E-state index contributed by atoms with van der Waals surface area (Å²) in [5.41, 5.74) is 6.75. The second-order valence-corrected chi connectivity index (χ2v) is 8.63. The first kappa shape index (κ1) is 19.9. The van der Waals surface area contributed by atoms with Crippen molar-refractivity contribution in [3.05, 3.63) is 29.8 Å². The maximum atomic E-state index is 12.3. The van der Waals surface area contributed by atoms with Crippen LogP contribution in [-0.2, 0) is 21.4 Å². The molecule has 1 saturated carbocycles. The summed E-state index contributed by atoms with van der Waals surface area (Å²) in [6, 6.07) is 6.57. The van der Waals surface area contributed by atoms with Crippen LogP contribution < -0.4 is 15.8 Å². The van der Waals surface area contributed by atoms with Gasteiger partial charge in [-0.25, -0.2) is 13.1 Å². The van der Waals surface area contributed by atoms with Crippen LogP contribution >= 0.6 is 0 Å². The van der Waals surface area contributed by atoms with Crippen molar-refractivity contribution in [1.82, 2.24) is 10.0 Å². The van der Waals surface area contributed by atoms with E-state index in [0.717, 1.165) is 31.2 Å². The predicted molar refractivity (Wildman–Crippen MR) is 98.3 cm³/mol. The van der Waals surface area contributed by atoms with Crippen LogP contribution in [0.15, 0.2) is 29.2 Å². The average Bonchev–Trinajstić information content (AvgIpc) is 2.61. The van der Waals surface area contributed by atoms with Gasteiger partial charge in [-0.3, -0.25) is 4.79 Å². The van der Waals surface area contributed by atoms with Crippen molar-refractivity contribution < 1.29 is 13.2 Å². The van der Waals surface area contributed by atoms with Crippen LogP contribution in [-0.4, -0.2) is 27.4 Å². The van der Waals surface area contributed by atoms with Gasteiger partial charge in [0.25, 0.3) is 0 Å². The minimum atomic E-state index is -3.44. The lowest BCUT2D eigenvalue weighted by molar-refractivity contribution is -0.124. The number of hydrogen-bond donors (Lipinski definition) is 3. The number of nitrogens with two attached hydrogens (primary N) is 1. The minimum absolute atomic E-state index is 0.0108. The molecule has 0 aromatic heterocycles. The molecule has 0 saturated heterocycles. The molecule has 0 bridgehead atoms. The van der Waals surface area contributed by atoms with Crippen molar-refractivity contribution in [2.24, 2.45) is 11.1 Å². The SMILES string of the molecule is CCNS(=O)(=O)c1ccc(CNC(=O)CC2(CN)CCCCC2)cc1. The first-order chi connectivity index (χ1) is 11.9. The Balaban J connectivity index is 1.89. The Bertz CT molecular complexity index is 665. The molecule has 0 aliphatic heterocycles. The molecule has 4 N–H and O–H groups in total. The number of carbonyl (C=O) groups excluding carboxylic acids is 1. The molecule has 1 amide bonds. The van der Waals surface area contributed by atoms with Gasteiger partial charge in [0.1, 0.15) is 0 Å². The summed E-state index contributed by atoms with van der Waals surface area (Å²) in [5.74, 6) is 0.0108. The van der Waals surface area contributed by atoms with Crippen molar-refractivity contribution in [1.29, 1.82) is 0 Å². The smallest absolute Gasteiger partial charge is 0.240 e. The first-order valence-corrected chi connectivity index (χ1v) is 10.4. The topological polar surface area (TPSA) is 101 Å². The Hall–Kier alpha value is -1.44. The third kappa shape index (κ3) is 5.52. The molecule has 0 radical (unpaired) electrons. The van der Waals surface area contributed by atoms with Crippen molar-refractivity contribution in [3.63, 3.8) is 0 Å². The van der Waals surface area contributed by atoms with E-state index in [1.165, 1.54) is 6.42 Å². The molecule has 0 spiro atoms. The van der Waals surface area contributed by atoms with Gasteiger partial charge in [-0.05, 0) is 42.5 Å². The van der Waals surface area contributed by atoms with Crippen LogP contribution in [0.5, 0.6) is 0 Å². The molecule has 0 unspecified atom stereocenters. The third-order valence-electron chi connectivity index (χ3n) is 4.94. The van der Waals surface area contributed by atoms with Crippen molar-refractivity contribution in [2.45, 2.75) is 56.9 Å². The van der Waals surface area contributed by atoms with Crippen molar-refractivity contribution in [3.8, 4) is 0 Å². The molecule has 1 aromatic carbocycles. The van der Waals surface area contributed by atoms with E-state index in [-0.39, 0.29) is 16.2 Å². The standard InChI is InChI=1S/C18H29N3O3S/c1-2-21-25(23,24)16-8-6-15(7-9-16)13-20-17(22)12-18(14-19)10-4-3-5-11-18/h6-9,21H,2-5,10-14,19H2,1H3,(H,20,22). The maximum absolute atomic E-state index is 12.3. The Kier molecular flexibility index (Phi) is 6.98. The molecule has 7 heteroatoms. The van der Waals surface area contributed by atoms with Crippen LogP contribution in [0.4, 0.5) is 0 Å². The van der Waals surface area contributed by atoms with E-state index in [0.29, 0.717) is 26.1 Å². The predicted octanol–water partition coefficient (Wildman–Crippen LogP) is 1.90. The zero-order valence-electron chi connectivity index (χ0n) is 14.9. The van der Waals surface area contributed by atoms with E-state index in [9.17, 15) is 13.2 Å². The molecule has 1 fully saturated rings. The lowest BCUT2D eigenvalue weighted by Crippen LogP contribution is -2.38. The molecule has 25 heavy (non-hydrogen) atoms.